The number of nitrogens with zero attached hydrogens (tertiary/aromatic N) is 3. The number of amides is 3. The number of nitro benzene ring substituents is 1. The van der Waals surface area contributed by atoms with Crippen molar-refractivity contribution in [2.24, 2.45) is 5.92 Å². The van der Waals surface area contributed by atoms with Gasteiger partial charge in [-0.1, -0.05) is 12.1 Å². The third-order valence-electron chi connectivity index (χ3n) is 8.12. The number of rotatable bonds is 11. The number of carbonyl (C=O) groups excluding carboxylic acids is 4. The molecule has 3 amide bonds. The number of carbonyl (C=O) groups is 4. The number of fused-ring (bicyclic) bond motifs is 1. The van der Waals surface area contributed by atoms with E-state index in [1.54, 1.807) is 40.2 Å². The minimum absolute atomic E-state index is 0.0481. The second-order valence-electron chi connectivity index (χ2n) is 12.8. The van der Waals surface area contributed by atoms with Gasteiger partial charge in [0.25, 0.3) is 5.69 Å². The van der Waals surface area contributed by atoms with Gasteiger partial charge in [-0.15, -0.1) is 11.3 Å². The largest absolute Gasteiger partial charge is 0.466 e. The third kappa shape index (κ3) is 10.0. The zero-order valence-corrected chi connectivity index (χ0v) is 27.9. The Bertz CT molecular complexity index is 1410. The first kappa shape index (κ1) is 34.9. The summed E-state index contributed by atoms with van der Waals surface area (Å²) in [5.74, 6) is -0.467. The van der Waals surface area contributed by atoms with Crippen LogP contribution in [0, 0.1) is 16.0 Å². The molecule has 13 heteroatoms. The Balaban J connectivity index is 1.37. The molecule has 250 valence electrons. The van der Waals surface area contributed by atoms with Crippen LogP contribution >= 0.6 is 11.3 Å². The van der Waals surface area contributed by atoms with E-state index in [-0.39, 0.29) is 54.7 Å². The number of hydrogen-bond acceptors (Lipinski definition) is 9. The highest BCUT2D eigenvalue weighted by atomic mass is 32.1. The molecule has 1 atom stereocenters. The van der Waals surface area contributed by atoms with Crippen LogP contribution in [0.25, 0.3) is 0 Å². The minimum atomic E-state index is -0.845. The van der Waals surface area contributed by atoms with E-state index in [2.05, 4.69) is 5.32 Å². The van der Waals surface area contributed by atoms with Crippen molar-refractivity contribution in [3.05, 3.63) is 61.3 Å². The van der Waals surface area contributed by atoms with Gasteiger partial charge in [0.2, 0.25) is 11.8 Å². The van der Waals surface area contributed by atoms with Crippen LogP contribution in [0.5, 0.6) is 0 Å². The van der Waals surface area contributed by atoms with Crippen molar-refractivity contribution in [2.75, 3.05) is 26.2 Å². The molecule has 0 bridgehead atoms. The number of piperidine rings is 1. The molecule has 1 saturated heterocycles. The van der Waals surface area contributed by atoms with E-state index in [0.29, 0.717) is 51.2 Å². The van der Waals surface area contributed by atoms with Crippen molar-refractivity contribution in [1.82, 2.24) is 15.1 Å². The second-order valence-corrected chi connectivity index (χ2v) is 14.1. The van der Waals surface area contributed by atoms with E-state index in [1.807, 2.05) is 26.8 Å². The van der Waals surface area contributed by atoms with Crippen molar-refractivity contribution in [3.63, 3.8) is 0 Å². The SMILES string of the molecule is CCOC(=O)Cc1cc2c(s1)CCN(C(=O)[C@H](Cc1ccc([N+](=O)[O-])cc1)NC(=O)CCC1CCN(C(=O)OC(C)(C)C)CC1)C2. The van der Waals surface area contributed by atoms with E-state index in [0.717, 1.165) is 28.2 Å². The quantitative estimate of drug-likeness (QED) is 0.206. The van der Waals surface area contributed by atoms with E-state index in [9.17, 15) is 29.3 Å². The lowest BCUT2D eigenvalue weighted by atomic mass is 9.92. The number of nitrogens with one attached hydrogen (secondary N) is 1. The zero-order valence-electron chi connectivity index (χ0n) is 27.0. The van der Waals surface area contributed by atoms with Crippen LogP contribution in [0.1, 0.15) is 74.3 Å². The summed E-state index contributed by atoms with van der Waals surface area (Å²) in [6.07, 6.45) is 3.13. The number of likely N-dealkylation sites (tertiary alicyclic amines) is 1. The molecule has 4 rings (SSSR count). The summed E-state index contributed by atoms with van der Waals surface area (Å²) in [4.78, 5) is 67.6. The summed E-state index contributed by atoms with van der Waals surface area (Å²) in [5, 5.41) is 14.1. The van der Waals surface area contributed by atoms with Crippen LogP contribution in [0.15, 0.2) is 30.3 Å². The van der Waals surface area contributed by atoms with Crippen molar-refractivity contribution in [1.29, 1.82) is 0 Å². The summed E-state index contributed by atoms with van der Waals surface area (Å²) < 4.78 is 10.6. The van der Waals surface area contributed by atoms with Gasteiger partial charge in [-0.25, -0.2) is 4.79 Å². The van der Waals surface area contributed by atoms with Gasteiger partial charge >= 0.3 is 12.1 Å². The van der Waals surface area contributed by atoms with Crippen molar-refractivity contribution in [3.8, 4) is 0 Å². The Labute approximate surface area is 273 Å². The predicted molar refractivity (Wildman–Crippen MR) is 172 cm³/mol. The van der Waals surface area contributed by atoms with Crippen LogP contribution in [0.2, 0.25) is 0 Å². The number of ether oxygens (including phenoxy) is 2. The lowest BCUT2D eigenvalue weighted by Crippen LogP contribution is -2.50. The van der Waals surface area contributed by atoms with Gasteiger partial charge < -0.3 is 24.6 Å². The van der Waals surface area contributed by atoms with Crippen LogP contribution < -0.4 is 5.32 Å². The van der Waals surface area contributed by atoms with E-state index < -0.39 is 16.6 Å². The van der Waals surface area contributed by atoms with Gasteiger partial charge in [0.05, 0.1) is 18.0 Å². The maximum absolute atomic E-state index is 13.9. The van der Waals surface area contributed by atoms with Crippen LogP contribution in [0.4, 0.5) is 10.5 Å². The fourth-order valence-electron chi connectivity index (χ4n) is 5.77. The molecule has 12 nitrogen and oxygen atoms in total. The monoisotopic (exact) mass is 656 g/mol. The predicted octanol–water partition coefficient (Wildman–Crippen LogP) is 4.80. The molecule has 0 spiro atoms. The number of hydrogen-bond donors (Lipinski definition) is 1. The standard InChI is InChI=1S/C33H44N4O8S/c1-5-44-30(39)20-26-19-24-21-36(17-14-28(24)46-26)31(40)27(18-23-6-9-25(10-7-23)37(42)43)34-29(38)11-8-22-12-15-35(16-13-22)32(41)45-33(2,3)4/h6-7,9-10,19,22,27H,5,8,11-18,20-21H2,1-4H3,(H,34,38)/t27-/m0/s1. The lowest BCUT2D eigenvalue weighted by molar-refractivity contribution is -0.384. The number of benzene rings is 1. The number of non-ortho nitro benzene ring substituents is 1. The molecule has 46 heavy (non-hydrogen) atoms. The highest BCUT2D eigenvalue weighted by Crippen LogP contribution is 2.29. The Hall–Kier alpha value is -4.00. The van der Waals surface area contributed by atoms with Crippen LogP contribution in [-0.2, 0) is 49.7 Å². The molecule has 0 aliphatic carbocycles. The average Bonchev–Trinajstić information content (AvgIpc) is 3.40. The summed E-state index contributed by atoms with van der Waals surface area (Å²) in [5.41, 5.74) is 1.08. The highest BCUT2D eigenvalue weighted by molar-refractivity contribution is 7.12. The Morgan fingerprint density at radius 3 is 2.41 bits per heavy atom. The number of esters is 1. The van der Waals surface area contributed by atoms with Gasteiger partial charge in [0.1, 0.15) is 11.6 Å². The van der Waals surface area contributed by atoms with Gasteiger partial charge in [0.15, 0.2) is 0 Å². The van der Waals surface area contributed by atoms with Gasteiger partial charge in [-0.2, -0.15) is 0 Å². The topological polar surface area (TPSA) is 148 Å². The highest BCUT2D eigenvalue weighted by Gasteiger charge is 2.31. The molecular formula is C33H44N4O8S. The molecule has 1 N–H and O–H groups in total. The molecule has 2 aliphatic heterocycles. The summed E-state index contributed by atoms with van der Waals surface area (Å²) in [6, 6.07) is 7.12. The first-order chi connectivity index (χ1) is 21.8. The molecule has 3 heterocycles. The molecule has 0 radical (unpaired) electrons. The van der Waals surface area contributed by atoms with Crippen molar-refractivity contribution >= 4 is 40.9 Å². The first-order valence-corrected chi connectivity index (χ1v) is 16.7. The molecule has 1 aromatic heterocycles. The Morgan fingerprint density at radius 2 is 1.78 bits per heavy atom. The Kier molecular flexibility index (Phi) is 11.8. The smallest absolute Gasteiger partial charge is 0.410 e. The third-order valence-corrected chi connectivity index (χ3v) is 9.36. The van der Waals surface area contributed by atoms with Crippen LogP contribution in [-0.4, -0.2) is 76.5 Å². The van der Waals surface area contributed by atoms with E-state index in [1.165, 1.54) is 12.1 Å². The minimum Gasteiger partial charge on any atom is -0.466 e. The lowest BCUT2D eigenvalue weighted by Gasteiger charge is -2.33. The molecule has 0 saturated carbocycles. The van der Waals surface area contributed by atoms with Gasteiger partial charge in [-0.05, 0) is 76.5 Å². The summed E-state index contributed by atoms with van der Waals surface area (Å²) in [6.45, 7) is 9.60. The zero-order chi connectivity index (χ0) is 33.4. The first-order valence-electron chi connectivity index (χ1n) is 15.9. The van der Waals surface area contributed by atoms with Gasteiger partial charge in [0, 0.05) is 60.9 Å². The number of nitro groups is 1. The fraction of sp³-hybridized carbons (Fsp3) is 0.576. The summed E-state index contributed by atoms with van der Waals surface area (Å²) in [7, 11) is 0. The van der Waals surface area contributed by atoms with Gasteiger partial charge in [-0.3, -0.25) is 24.5 Å². The molecular weight excluding hydrogens is 612 g/mol. The number of thiophene rings is 1. The molecule has 1 fully saturated rings. The maximum Gasteiger partial charge on any atom is 0.410 e. The fourth-order valence-corrected chi connectivity index (χ4v) is 6.92. The molecule has 0 unspecified atom stereocenters. The van der Waals surface area contributed by atoms with Crippen molar-refractivity contribution in [2.45, 2.75) is 90.8 Å². The Morgan fingerprint density at radius 1 is 1.09 bits per heavy atom. The average molecular weight is 657 g/mol. The second kappa shape index (κ2) is 15.5. The van der Waals surface area contributed by atoms with Crippen LogP contribution in [0.3, 0.4) is 0 Å². The molecule has 2 aromatic rings. The summed E-state index contributed by atoms with van der Waals surface area (Å²) >= 11 is 1.56. The maximum atomic E-state index is 13.9. The van der Waals surface area contributed by atoms with E-state index >= 15 is 0 Å². The normalized spacial score (nSPS) is 15.9. The van der Waals surface area contributed by atoms with Crippen molar-refractivity contribution < 1.29 is 33.6 Å². The molecule has 2 aliphatic rings. The van der Waals surface area contributed by atoms with E-state index in [4.69, 9.17) is 9.47 Å². The molecule has 1 aromatic carbocycles.